The summed E-state index contributed by atoms with van der Waals surface area (Å²) in [5, 5.41) is 13.5. The molecule has 138 valence electrons. The number of halogens is 1. The van der Waals surface area contributed by atoms with E-state index in [-0.39, 0.29) is 27.5 Å². The number of aryl methyl sites for hydroxylation is 1. The van der Waals surface area contributed by atoms with E-state index in [1.165, 1.54) is 12.1 Å². The van der Waals surface area contributed by atoms with Crippen molar-refractivity contribution in [3.63, 3.8) is 0 Å². The number of rotatable bonds is 6. The van der Waals surface area contributed by atoms with Crippen LogP contribution in [0.5, 0.6) is 0 Å². The number of hydrogen-bond donors (Lipinski definition) is 1. The normalized spacial score (nSPS) is 10.6. The average Bonchev–Trinajstić information content (AvgIpc) is 2.59. The minimum absolute atomic E-state index is 0.0568. The molecule has 0 atom stereocenters. The molecular formula is C18H20ClN3O4. The van der Waals surface area contributed by atoms with E-state index in [1.807, 2.05) is 20.8 Å². The van der Waals surface area contributed by atoms with Crippen molar-refractivity contribution in [2.75, 3.05) is 5.32 Å². The highest BCUT2D eigenvalue weighted by Crippen LogP contribution is 2.23. The maximum absolute atomic E-state index is 12.7. The van der Waals surface area contributed by atoms with E-state index in [4.69, 9.17) is 11.6 Å². The SMILES string of the molecule is CCCCn1c(C)c(C)cc(NC(=O)c2cc([N+](=O)[O-])ccc2Cl)c1=O. The van der Waals surface area contributed by atoms with Crippen LogP contribution in [0, 0.1) is 24.0 Å². The number of carbonyl (C=O) groups excluding carboxylic acids is 1. The van der Waals surface area contributed by atoms with E-state index in [1.54, 1.807) is 10.6 Å². The smallest absolute Gasteiger partial charge is 0.274 e. The third-order valence-corrected chi connectivity index (χ3v) is 4.53. The molecule has 0 spiro atoms. The van der Waals surface area contributed by atoms with Gasteiger partial charge in [0, 0.05) is 24.4 Å². The number of pyridine rings is 1. The summed E-state index contributed by atoms with van der Waals surface area (Å²) in [6.45, 7) is 6.30. The van der Waals surface area contributed by atoms with Crippen molar-refractivity contribution in [2.24, 2.45) is 0 Å². The molecule has 2 rings (SSSR count). The molecule has 1 amide bonds. The van der Waals surface area contributed by atoms with E-state index in [0.29, 0.717) is 6.54 Å². The third kappa shape index (κ3) is 4.11. The van der Waals surface area contributed by atoms with Crippen LogP contribution in [0.1, 0.15) is 41.4 Å². The number of aromatic nitrogens is 1. The first kappa shape index (κ1) is 19.7. The Morgan fingerprint density at radius 3 is 2.62 bits per heavy atom. The summed E-state index contributed by atoms with van der Waals surface area (Å²) < 4.78 is 1.63. The van der Waals surface area contributed by atoms with Gasteiger partial charge in [-0.05, 0) is 38.0 Å². The average molecular weight is 378 g/mol. The number of non-ortho nitro benzene ring substituents is 1. The van der Waals surface area contributed by atoms with Crippen molar-refractivity contribution in [1.29, 1.82) is 0 Å². The molecular weight excluding hydrogens is 358 g/mol. The zero-order chi connectivity index (χ0) is 19.4. The zero-order valence-corrected chi connectivity index (χ0v) is 15.6. The molecule has 1 aromatic carbocycles. The molecule has 0 radical (unpaired) electrons. The molecule has 0 fully saturated rings. The molecule has 0 aliphatic carbocycles. The predicted molar refractivity (Wildman–Crippen MR) is 101 cm³/mol. The lowest BCUT2D eigenvalue weighted by atomic mass is 10.1. The van der Waals surface area contributed by atoms with Gasteiger partial charge in [0.05, 0.1) is 15.5 Å². The number of anilines is 1. The largest absolute Gasteiger partial charge is 0.317 e. The van der Waals surface area contributed by atoms with Crippen molar-refractivity contribution in [1.82, 2.24) is 4.57 Å². The molecule has 1 heterocycles. The lowest BCUT2D eigenvalue weighted by Crippen LogP contribution is -2.28. The number of unbranched alkanes of at least 4 members (excludes halogenated alkanes) is 1. The number of nitro groups is 1. The number of nitro benzene ring substituents is 1. The fraction of sp³-hybridized carbons (Fsp3) is 0.333. The highest BCUT2D eigenvalue weighted by atomic mass is 35.5. The van der Waals surface area contributed by atoms with Crippen molar-refractivity contribution in [3.8, 4) is 0 Å². The van der Waals surface area contributed by atoms with E-state index in [0.717, 1.165) is 30.2 Å². The molecule has 26 heavy (non-hydrogen) atoms. The van der Waals surface area contributed by atoms with Gasteiger partial charge in [-0.3, -0.25) is 19.7 Å². The second-order valence-corrected chi connectivity index (χ2v) is 6.42. The van der Waals surface area contributed by atoms with Gasteiger partial charge in [-0.2, -0.15) is 0 Å². The zero-order valence-electron chi connectivity index (χ0n) is 14.8. The second kappa shape index (κ2) is 8.14. The minimum atomic E-state index is -0.666. The van der Waals surface area contributed by atoms with Crippen LogP contribution in [0.15, 0.2) is 29.1 Å². The molecule has 0 saturated heterocycles. The summed E-state index contributed by atoms with van der Waals surface area (Å²) in [7, 11) is 0. The van der Waals surface area contributed by atoms with Crippen LogP contribution in [-0.4, -0.2) is 15.4 Å². The lowest BCUT2D eigenvalue weighted by Gasteiger charge is -2.15. The van der Waals surface area contributed by atoms with Gasteiger partial charge >= 0.3 is 0 Å². The quantitative estimate of drug-likeness (QED) is 0.606. The standard InChI is InChI=1S/C18H20ClN3O4/c1-4-5-8-21-12(3)11(2)9-16(18(21)24)20-17(23)14-10-13(22(25)26)6-7-15(14)19/h6-7,9-10H,4-5,8H2,1-3H3,(H,20,23). The van der Waals surface area contributed by atoms with Gasteiger partial charge in [0.1, 0.15) is 5.69 Å². The van der Waals surface area contributed by atoms with Crippen molar-refractivity contribution in [2.45, 2.75) is 40.2 Å². The van der Waals surface area contributed by atoms with Gasteiger partial charge in [0.2, 0.25) is 0 Å². The third-order valence-electron chi connectivity index (χ3n) is 4.20. The molecule has 8 heteroatoms. The Labute approximate surface area is 155 Å². The Morgan fingerprint density at radius 2 is 2.00 bits per heavy atom. The summed E-state index contributed by atoms with van der Waals surface area (Å²) in [4.78, 5) is 35.5. The van der Waals surface area contributed by atoms with Crippen LogP contribution >= 0.6 is 11.6 Å². The first-order valence-electron chi connectivity index (χ1n) is 8.22. The number of hydrogen-bond acceptors (Lipinski definition) is 4. The Kier molecular flexibility index (Phi) is 6.15. The molecule has 0 aliphatic heterocycles. The van der Waals surface area contributed by atoms with Gasteiger partial charge in [-0.15, -0.1) is 0 Å². The number of carbonyl (C=O) groups is 1. The van der Waals surface area contributed by atoms with Crippen LogP contribution in [0.25, 0.3) is 0 Å². The predicted octanol–water partition coefficient (Wildman–Crippen LogP) is 4.08. The minimum Gasteiger partial charge on any atom is -0.317 e. The summed E-state index contributed by atoms with van der Waals surface area (Å²) in [6.07, 6.45) is 1.78. The Hall–Kier alpha value is -2.67. The van der Waals surface area contributed by atoms with Crippen molar-refractivity contribution < 1.29 is 9.72 Å². The Bertz CT molecular complexity index is 921. The van der Waals surface area contributed by atoms with Crippen LogP contribution in [-0.2, 0) is 6.54 Å². The first-order valence-corrected chi connectivity index (χ1v) is 8.60. The van der Waals surface area contributed by atoms with E-state index in [9.17, 15) is 19.7 Å². The van der Waals surface area contributed by atoms with Gasteiger partial charge in [0.15, 0.2) is 0 Å². The lowest BCUT2D eigenvalue weighted by molar-refractivity contribution is -0.384. The number of benzene rings is 1. The van der Waals surface area contributed by atoms with Gasteiger partial charge in [0.25, 0.3) is 17.2 Å². The van der Waals surface area contributed by atoms with E-state index >= 15 is 0 Å². The van der Waals surface area contributed by atoms with Crippen LogP contribution < -0.4 is 10.9 Å². The number of nitrogens with one attached hydrogen (secondary N) is 1. The van der Waals surface area contributed by atoms with E-state index in [2.05, 4.69) is 5.32 Å². The molecule has 2 aromatic rings. The Morgan fingerprint density at radius 1 is 1.31 bits per heavy atom. The fourth-order valence-electron chi connectivity index (χ4n) is 2.56. The second-order valence-electron chi connectivity index (χ2n) is 6.01. The number of amides is 1. The molecule has 0 unspecified atom stereocenters. The topological polar surface area (TPSA) is 94.2 Å². The van der Waals surface area contributed by atoms with Crippen molar-refractivity contribution >= 4 is 28.9 Å². The first-order chi connectivity index (χ1) is 12.3. The highest BCUT2D eigenvalue weighted by molar-refractivity contribution is 6.34. The fourth-order valence-corrected chi connectivity index (χ4v) is 2.76. The van der Waals surface area contributed by atoms with Gasteiger partial charge < -0.3 is 9.88 Å². The molecule has 0 aliphatic rings. The number of nitrogens with zero attached hydrogens (tertiary/aromatic N) is 2. The Balaban J connectivity index is 2.41. The van der Waals surface area contributed by atoms with E-state index < -0.39 is 10.8 Å². The highest BCUT2D eigenvalue weighted by Gasteiger charge is 2.18. The summed E-state index contributed by atoms with van der Waals surface area (Å²) in [6, 6.07) is 5.19. The van der Waals surface area contributed by atoms with Crippen LogP contribution in [0.3, 0.4) is 0 Å². The van der Waals surface area contributed by atoms with Crippen molar-refractivity contribution in [3.05, 3.63) is 66.6 Å². The van der Waals surface area contributed by atoms with Gasteiger partial charge in [-0.25, -0.2) is 0 Å². The summed E-state index contributed by atoms with van der Waals surface area (Å²) >= 11 is 5.99. The van der Waals surface area contributed by atoms with Crippen LogP contribution in [0.2, 0.25) is 5.02 Å². The maximum Gasteiger partial charge on any atom is 0.274 e. The monoisotopic (exact) mass is 377 g/mol. The summed E-state index contributed by atoms with van der Waals surface area (Å²) in [5.41, 5.74) is 1.21. The molecule has 1 aromatic heterocycles. The van der Waals surface area contributed by atoms with Crippen LogP contribution in [0.4, 0.5) is 11.4 Å². The molecule has 1 N–H and O–H groups in total. The maximum atomic E-state index is 12.7. The molecule has 7 nitrogen and oxygen atoms in total. The van der Waals surface area contributed by atoms with Gasteiger partial charge in [-0.1, -0.05) is 24.9 Å². The molecule has 0 bridgehead atoms. The molecule has 0 saturated carbocycles. The summed E-state index contributed by atoms with van der Waals surface area (Å²) in [5.74, 6) is -0.666.